The fraction of sp³-hybridized carbons (Fsp3) is 0.190. The van der Waals surface area contributed by atoms with Crippen LogP contribution in [0.15, 0.2) is 65.3 Å². The molecule has 0 radical (unpaired) electrons. The monoisotopic (exact) mass is 442 g/mol. The summed E-state index contributed by atoms with van der Waals surface area (Å²) in [6.07, 6.45) is 1.87. The number of carbonyl (C=O) groups is 2. The maximum absolute atomic E-state index is 12.4. The first-order valence-corrected chi connectivity index (χ1v) is 10.7. The molecule has 7 nitrogen and oxygen atoms in total. The van der Waals surface area contributed by atoms with E-state index in [1.807, 2.05) is 48.5 Å². The average Bonchev–Trinajstić information content (AvgIpc) is 3.20. The lowest BCUT2D eigenvalue weighted by atomic mass is 10.0. The normalized spacial score (nSPS) is 18.6. The zero-order chi connectivity index (χ0) is 20.9. The molecule has 0 aliphatic carbocycles. The lowest BCUT2D eigenvalue weighted by Crippen LogP contribution is -2.51. The quantitative estimate of drug-likeness (QED) is 0.537. The molecule has 0 saturated carbocycles. The van der Waals surface area contributed by atoms with Gasteiger partial charge in [0.15, 0.2) is 0 Å². The van der Waals surface area contributed by atoms with E-state index in [-0.39, 0.29) is 23.6 Å². The molecule has 30 heavy (non-hydrogen) atoms. The Kier molecular flexibility index (Phi) is 6.37. The second-order valence-corrected chi connectivity index (χ2v) is 8.25. The van der Waals surface area contributed by atoms with Crippen LogP contribution in [0, 0.1) is 0 Å². The fourth-order valence-corrected chi connectivity index (χ4v) is 4.24. The third-order valence-electron chi connectivity index (χ3n) is 4.57. The number of thioether (sulfide) groups is 1. The van der Waals surface area contributed by atoms with Crippen molar-refractivity contribution in [1.29, 1.82) is 0 Å². The van der Waals surface area contributed by atoms with Crippen molar-refractivity contribution in [2.45, 2.75) is 18.0 Å². The average molecular weight is 443 g/mol. The minimum absolute atomic E-state index is 0.0850. The number of anilines is 1. The second kappa shape index (κ2) is 9.34. The minimum Gasteiger partial charge on any atom is -0.338 e. The molecule has 154 valence electrons. The summed E-state index contributed by atoms with van der Waals surface area (Å²) >= 11 is 7.35. The number of benzene rings is 2. The van der Waals surface area contributed by atoms with E-state index in [2.05, 4.69) is 21.1 Å². The number of carbonyl (C=O) groups excluding carboxylic acids is 2. The maximum Gasteiger partial charge on any atom is 0.239 e. The molecule has 1 fully saturated rings. The van der Waals surface area contributed by atoms with Gasteiger partial charge in [0.25, 0.3) is 0 Å². The minimum atomic E-state index is -0.399. The summed E-state index contributed by atoms with van der Waals surface area (Å²) in [5, 5.41) is 13.3. The third-order valence-corrected chi connectivity index (χ3v) is 5.83. The van der Waals surface area contributed by atoms with Crippen molar-refractivity contribution in [2.24, 2.45) is 0 Å². The van der Waals surface area contributed by atoms with Crippen LogP contribution in [0.4, 0.5) is 5.88 Å². The Hall–Kier alpha value is -2.81. The number of aromatic nitrogens is 1. The Bertz CT molecular complexity index is 1040. The Morgan fingerprint density at radius 1 is 1.23 bits per heavy atom. The van der Waals surface area contributed by atoms with E-state index in [0.29, 0.717) is 22.9 Å². The summed E-state index contributed by atoms with van der Waals surface area (Å²) in [6, 6.07) is 16.8. The van der Waals surface area contributed by atoms with Crippen LogP contribution in [0.25, 0.3) is 11.1 Å². The largest absolute Gasteiger partial charge is 0.338 e. The predicted octanol–water partition coefficient (Wildman–Crippen LogP) is 3.80. The smallest absolute Gasteiger partial charge is 0.239 e. The zero-order valence-corrected chi connectivity index (χ0v) is 17.4. The second-order valence-electron chi connectivity index (χ2n) is 6.72. The van der Waals surface area contributed by atoms with Gasteiger partial charge < -0.3 is 9.84 Å². The Labute approximate surface area is 182 Å². The molecule has 2 amide bonds. The van der Waals surface area contributed by atoms with Gasteiger partial charge in [0.2, 0.25) is 17.7 Å². The van der Waals surface area contributed by atoms with Crippen molar-refractivity contribution in [1.82, 2.24) is 15.8 Å². The number of nitrogens with zero attached hydrogens (tertiary/aromatic N) is 1. The Balaban J connectivity index is 1.35. The van der Waals surface area contributed by atoms with Gasteiger partial charge in [-0.15, -0.1) is 11.8 Å². The van der Waals surface area contributed by atoms with Crippen molar-refractivity contribution in [2.75, 3.05) is 11.1 Å². The maximum atomic E-state index is 12.4. The van der Waals surface area contributed by atoms with Crippen molar-refractivity contribution in [3.05, 3.63) is 71.4 Å². The molecular formula is C21H19ClN4O3S. The van der Waals surface area contributed by atoms with E-state index in [0.717, 1.165) is 11.1 Å². The standard InChI is InChI=1S/C21H19ClN4O3S/c22-15-8-4-7-14(9-15)17-10-18(27)26-21(24-17)30-12-19(28)25-20-16(11-23-29-20)13-5-2-1-3-6-13/h1-9,11,17,21,24H,10,12H2,(H,25,28)(H,26,27). The van der Waals surface area contributed by atoms with Gasteiger partial charge in [0.1, 0.15) is 5.50 Å². The van der Waals surface area contributed by atoms with Crippen LogP contribution in [0.5, 0.6) is 0 Å². The molecule has 0 bridgehead atoms. The van der Waals surface area contributed by atoms with Crippen LogP contribution in [0.1, 0.15) is 18.0 Å². The van der Waals surface area contributed by atoms with Crippen molar-refractivity contribution in [3.63, 3.8) is 0 Å². The van der Waals surface area contributed by atoms with Crippen molar-refractivity contribution >= 4 is 41.1 Å². The van der Waals surface area contributed by atoms with Gasteiger partial charge in [-0.25, -0.2) is 0 Å². The molecule has 3 aromatic rings. The molecule has 1 aliphatic rings. The fourth-order valence-electron chi connectivity index (χ4n) is 3.18. The molecule has 1 aliphatic heterocycles. The molecule has 2 atom stereocenters. The highest BCUT2D eigenvalue weighted by atomic mass is 35.5. The third kappa shape index (κ3) is 5.02. The van der Waals surface area contributed by atoms with Crippen LogP contribution in [-0.4, -0.2) is 28.2 Å². The van der Waals surface area contributed by atoms with Gasteiger partial charge >= 0.3 is 0 Å². The first kappa shape index (κ1) is 20.5. The molecular weight excluding hydrogens is 424 g/mol. The summed E-state index contributed by atoms with van der Waals surface area (Å²) in [4.78, 5) is 24.6. The molecule has 2 unspecified atom stereocenters. The summed E-state index contributed by atoms with van der Waals surface area (Å²) in [6.45, 7) is 0. The topological polar surface area (TPSA) is 96.3 Å². The van der Waals surface area contributed by atoms with E-state index in [1.54, 1.807) is 12.3 Å². The van der Waals surface area contributed by atoms with Crippen LogP contribution in [0.3, 0.4) is 0 Å². The first-order chi connectivity index (χ1) is 14.6. The van der Waals surface area contributed by atoms with Gasteiger partial charge in [-0.1, -0.05) is 59.2 Å². The number of hydrogen-bond acceptors (Lipinski definition) is 6. The highest BCUT2D eigenvalue weighted by Gasteiger charge is 2.27. The summed E-state index contributed by atoms with van der Waals surface area (Å²) in [7, 11) is 0. The van der Waals surface area contributed by atoms with Gasteiger partial charge in [-0.3, -0.25) is 20.2 Å². The number of amides is 2. The lowest BCUT2D eigenvalue weighted by molar-refractivity contribution is -0.123. The van der Waals surface area contributed by atoms with Crippen LogP contribution >= 0.6 is 23.4 Å². The summed E-state index contributed by atoms with van der Waals surface area (Å²) in [5.41, 5.74) is 2.14. The Morgan fingerprint density at radius 3 is 2.87 bits per heavy atom. The highest BCUT2D eigenvalue weighted by Crippen LogP contribution is 2.28. The summed E-state index contributed by atoms with van der Waals surface area (Å²) < 4.78 is 5.20. The molecule has 2 aromatic carbocycles. The van der Waals surface area contributed by atoms with Gasteiger partial charge in [-0.05, 0) is 23.3 Å². The summed E-state index contributed by atoms with van der Waals surface area (Å²) in [5.74, 6) is 0.0760. The highest BCUT2D eigenvalue weighted by molar-refractivity contribution is 8.00. The number of rotatable bonds is 6. The molecule has 0 spiro atoms. The van der Waals surface area contributed by atoms with E-state index in [9.17, 15) is 9.59 Å². The van der Waals surface area contributed by atoms with Crippen molar-refractivity contribution < 1.29 is 14.1 Å². The van der Waals surface area contributed by atoms with Crippen molar-refractivity contribution in [3.8, 4) is 11.1 Å². The number of hydrogen-bond donors (Lipinski definition) is 3. The molecule has 1 aromatic heterocycles. The van der Waals surface area contributed by atoms with E-state index in [1.165, 1.54) is 11.8 Å². The van der Waals surface area contributed by atoms with Crippen LogP contribution in [-0.2, 0) is 9.59 Å². The lowest BCUT2D eigenvalue weighted by Gasteiger charge is -2.31. The molecule has 3 N–H and O–H groups in total. The van der Waals surface area contributed by atoms with E-state index < -0.39 is 5.50 Å². The Morgan fingerprint density at radius 2 is 2.07 bits per heavy atom. The SMILES string of the molecule is O=C(CSC1NC(=O)CC(c2cccc(Cl)c2)N1)Nc1oncc1-c1ccccc1. The van der Waals surface area contributed by atoms with Crippen LogP contribution < -0.4 is 16.0 Å². The molecule has 2 heterocycles. The number of halogens is 1. The van der Waals surface area contributed by atoms with E-state index in [4.69, 9.17) is 16.1 Å². The predicted molar refractivity (Wildman–Crippen MR) is 117 cm³/mol. The molecule has 1 saturated heterocycles. The number of nitrogens with one attached hydrogen (secondary N) is 3. The zero-order valence-electron chi connectivity index (χ0n) is 15.8. The molecule has 9 heteroatoms. The first-order valence-electron chi connectivity index (χ1n) is 9.31. The van der Waals surface area contributed by atoms with Gasteiger partial charge in [0.05, 0.1) is 17.5 Å². The van der Waals surface area contributed by atoms with Crippen LogP contribution in [0.2, 0.25) is 5.02 Å². The molecule has 4 rings (SSSR count). The van der Waals surface area contributed by atoms with Gasteiger partial charge in [0, 0.05) is 17.5 Å². The van der Waals surface area contributed by atoms with Gasteiger partial charge in [-0.2, -0.15) is 0 Å². The van der Waals surface area contributed by atoms with E-state index >= 15 is 0 Å².